The maximum Gasteiger partial charge on any atom is 0.251 e. The van der Waals surface area contributed by atoms with Crippen LogP contribution < -0.4 is 15.8 Å². The number of nitrogens with one attached hydrogen (secondary N) is 2. The van der Waals surface area contributed by atoms with E-state index < -0.39 is 6.10 Å². The van der Waals surface area contributed by atoms with E-state index in [1.807, 2.05) is 23.2 Å². The fourth-order valence-corrected chi connectivity index (χ4v) is 3.69. The third-order valence-electron chi connectivity index (χ3n) is 5.82. The van der Waals surface area contributed by atoms with Crippen LogP contribution in [0, 0.1) is 0 Å². The van der Waals surface area contributed by atoms with Crippen molar-refractivity contribution >= 4 is 17.4 Å². The lowest BCUT2D eigenvalue weighted by Gasteiger charge is -2.26. The zero-order valence-electron chi connectivity index (χ0n) is 18.0. The highest BCUT2D eigenvalue weighted by molar-refractivity contribution is 5.94. The summed E-state index contributed by atoms with van der Waals surface area (Å²) in [6, 6.07) is 9.38. The molecule has 2 atom stereocenters. The number of ether oxygens (including phenoxy) is 2. The van der Waals surface area contributed by atoms with Gasteiger partial charge >= 0.3 is 0 Å². The average Bonchev–Trinajstić information content (AvgIpc) is 3.08. The van der Waals surface area contributed by atoms with Crippen molar-refractivity contribution in [3.05, 3.63) is 53.2 Å². The Hall–Kier alpha value is -2.52. The molecule has 1 fully saturated rings. The molecular weight excluding hydrogens is 396 g/mol. The number of aromatic nitrogens is 1. The first kappa shape index (κ1) is 21.7. The Morgan fingerprint density at radius 3 is 2.81 bits per heavy atom. The van der Waals surface area contributed by atoms with Crippen molar-refractivity contribution in [1.82, 2.24) is 15.7 Å². The molecule has 8 heteroatoms. The normalized spacial score (nSPS) is 19.1. The van der Waals surface area contributed by atoms with Crippen molar-refractivity contribution in [2.75, 3.05) is 31.9 Å². The molecule has 166 valence electrons. The largest absolute Gasteiger partial charge is 0.386 e. The van der Waals surface area contributed by atoms with E-state index >= 15 is 0 Å². The molecular formula is C23H30N4O4. The van der Waals surface area contributed by atoms with Crippen LogP contribution in [-0.4, -0.2) is 49.0 Å². The number of benzene rings is 1. The Bertz CT molecular complexity index is 901. The fraction of sp³-hybridized carbons (Fsp3) is 0.478. The molecule has 2 aromatic rings. The zero-order chi connectivity index (χ0) is 21.8. The molecule has 1 aromatic heterocycles. The van der Waals surface area contributed by atoms with E-state index in [1.165, 1.54) is 6.42 Å². The maximum atomic E-state index is 12.2. The summed E-state index contributed by atoms with van der Waals surface area (Å²) in [6.45, 7) is 3.30. The average molecular weight is 427 g/mol. The lowest BCUT2D eigenvalue weighted by molar-refractivity contribution is -0.0427. The van der Waals surface area contributed by atoms with Crippen LogP contribution in [0.15, 0.2) is 36.5 Å². The number of aliphatic hydroxyl groups excluding tert-OH is 1. The lowest BCUT2D eigenvalue weighted by Crippen LogP contribution is -2.29. The van der Waals surface area contributed by atoms with E-state index in [0.717, 1.165) is 35.5 Å². The molecule has 0 bridgehead atoms. The van der Waals surface area contributed by atoms with Gasteiger partial charge in [-0.2, -0.15) is 0 Å². The molecule has 1 aliphatic heterocycles. The van der Waals surface area contributed by atoms with Gasteiger partial charge in [0, 0.05) is 36.5 Å². The van der Waals surface area contributed by atoms with Crippen molar-refractivity contribution in [2.45, 2.75) is 44.4 Å². The molecule has 4 rings (SSSR count). The Morgan fingerprint density at radius 1 is 1.35 bits per heavy atom. The van der Waals surface area contributed by atoms with Gasteiger partial charge in [0.05, 0.1) is 31.0 Å². The number of amides is 1. The van der Waals surface area contributed by atoms with Crippen LogP contribution in [0.2, 0.25) is 0 Å². The minimum absolute atomic E-state index is 0.0409. The molecule has 0 spiro atoms. The monoisotopic (exact) mass is 426 g/mol. The van der Waals surface area contributed by atoms with Gasteiger partial charge in [0.1, 0.15) is 6.10 Å². The van der Waals surface area contributed by atoms with Gasteiger partial charge in [0.15, 0.2) is 5.82 Å². The van der Waals surface area contributed by atoms with E-state index in [2.05, 4.69) is 22.7 Å². The molecule has 0 radical (unpaired) electrons. The summed E-state index contributed by atoms with van der Waals surface area (Å²) in [5.74, 6) is 0.660. The molecule has 1 aliphatic carbocycles. The highest BCUT2D eigenvalue weighted by Crippen LogP contribution is 2.37. The summed E-state index contributed by atoms with van der Waals surface area (Å²) in [5, 5.41) is 15.2. The standard InChI is InChI=1S/C23H30N4O4/c1-15-20-12-17(21(28)14-31-19-4-3-5-19)13-25-22(20)27(26-15)18-8-6-16(7-9-18)23(29)24-10-11-30-2/h6-9,12-13,15,19,21,26,28H,3-5,10-11,14H2,1-2H3,(H,24,29)/t15?,21-/m0/s1. The number of rotatable bonds is 9. The highest BCUT2D eigenvalue weighted by atomic mass is 16.5. The zero-order valence-corrected chi connectivity index (χ0v) is 18.0. The first-order valence-electron chi connectivity index (χ1n) is 10.8. The second-order valence-electron chi connectivity index (χ2n) is 8.07. The first-order chi connectivity index (χ1) is 15.1. The number of nitrogens with zero attached hydrogens (tertiary/aromatic N) is 2. The molecule has 0 saturated heterocycles. The van der Waals surface area contributed by atoms with Gasteiger partial charge < -0.3 is 19.9 Å². The van der Waals surface area contributed by atoms with Crippen molar-refractivity contribution in [3.8, 4) is 0 Å². The van der Waals surface area contributed by atoms with Gasteiger partial charge in [-0.15, -0.1) is 0 Å². The van der Waals surface area contributed by atoms with Gasteiger partial charge in [-0.1, -0.05) is 0 Å². The highest BCUT2D eigenvalue weighted by Gasteiger charge is 2.29. The second-order valence-corrected chi connectivity index (χ2v) is 8.07. The van der Waals surface area contributed by atoms with Crippen molar-refractivity contribution in [2.24, 2.45) is 0 Å². The van der Waals surface area contributed by atoms with Crippen LogP contribution in [0.4, 0.5) is 11.5 Å². The number of pyridine rings is 1. The Labute approximate surface area is 182 Å². The van der Waals surface area contributed by atoms with Gasteiger partial charge in [0.2, 0.25) is 0 Å². The first-order valence-corrected chi connectivity index (χ1v) is 10.8. The van der Waals surface area contributed by atoms with Crippen LogP contribution in [0.25, 0.3) is 0 Å². The number of carbonyl (C=O) groups excluding carboxylic acids is 1. The Kier molecular flexibility index (Phi) is 6.82. The SMILES string of the molecule is COCCNC(=O)c1ccc(N2NC(C)c3cc([C@@H](O)COC4CCC4)cnc32)cc1. The third-order valence-corrected chi connectivity index (χ3v) is 5.82. The topological polar surface area (TPSA) is 96.0 Å². The summed E-state index contributed by atoms with van der Waals surface area (Å²) >= 11 is 0. The quantitative estimate of drug-likeness (QED) is 0.531. The predicted molar refractivity (Wildman–Crippen MR) is 117 cm³/mol. The number of hydrogen-bond acceptors (Lipinski definition) is 7. The molecule has 8 nitrogen and oxygen atoms in total. The van der Waals surface area contributed by atoms with Crippen LogP contribution >= 0.6 is 0 Å². The molecule has 2 aliphatic rings. The summed E-state index contributed by atoms with van der Waals surface area (Å²) in [4.78, 5) is 16.8. The summed E-state index contributed by atoms with van der Waals surface area (Å²) in [7, 11) is 1.60. The molecule has 2 heterocycles. The van der Waals surface area contributed by atoms with Crippen molar-refractivity contribution in [1.29, 1.82) is 0 Å². The molecule has 31 heavy (non-hydrogen) atoms. The molecule has 1 saturated carbocycles. The van der Waals surface area contributed by atoms with Crippen molar-refractivity contribution < 1.29 is 19.4 Å². The minimum atomic E-state index is -0.685. The van der Waals surface area contributed by atoms with E-state index in [4.69, 9.17) is 9.47 Å². The summed E-state index contributed by atoms with van der Waals surface area (Å²) < 4.78 is 10.7. The van der Waals surface area contributed by atoms with E-state index in [9.17, 15) is 9.90 Å². The smallest absolute Gasteiger partial charge is 0.251 e. The third kappa shape index (κ3) is 4.88. The van der Waals surface area contributed by atoms with Crippen LogP contribution in [-0.2, 0) is 9.47 Å². The van der Waals surface area contributed by atoms with Gasteiger partial charge in [0.25, 0.3) is 5.91 Å². The van der Waals surface area contributed by atoms with Gasteiger partial charge in [-0.05, 0) is 56.5 Å². The number of aliphatic hydroxyl groups is 1. The number of fused-ring (bicyclic) bond motifs is 1. The summed E-state index contributed by atoms with van der Waals surface area (Å²) in [5.41, 5.74) is 6.65. The van der Waals surface area contributed by atoms with Crippen LogP contribution in [0.1, 0.15) is 59.8 Å². The number of carbonyl (C=O) groups is 1. The van der Waals surface area contributed by atoms with E-state index in [0.29, 0.717) is 25.3 Å². The van der Waals surface area contributed by atoms with Gasteiger partial charge in [-0.3, -0.25) is 9.80 Å². The number of hydrazine groups is 1. The van der Waals surface area contributed by atoms with Gasteiger partial charge in [-0.25, -0.2) is 10.4 Å². The number of hydrogen-bond donors (Lipinski definition) is 3. The number of anilines is 2. The molecule has 1 aromatic carbocycles. The molecule has 1 unspecified atom stereocenters. The fourth-order valence-electron chi connectivity index (χ4n) is 3.69. The lowest BCUT2D eigenvalue weighted by atomic mass is 9.96. The molecule has 1 amide bonds. The van der Waals surface area contributed by atoms with E-state index in [1.54, 1.807) is 25.4 Å². The maximum absolute atomic E-state index is 12.2. The van der Waals surface area contributed by atoms with E-state index in [-0.39, 0.29) is 18.1 Å². The molecule has 3 N–H and O–H groups in total. The summed E-state index contributed by atoms with van der Waals surface area (Å²) in [6.07, 6.45) is 4.68. The predicted octanol–water partition coefficient (Wildman–Crippen LogP) is 2.78. The Morgan fingerprint density at radius 2 is 2.13 bits per heavy atom. The Balaban J connectivity index is 1.44. The minimum Gasteiger partial charge on any atom is -0.386 e. The second kappa shape index (κ2) is 9.74. The van der Waals surface area contributed by atoms with Crippen molar-refractivity contribution in [3.63, 3.8) is 0 Å². The number of methoxy groups -OCH3 is 1. The van der Waals surface area contributed by atoms with Crippen LogP contribution in [0.3, 0.4) is 0 Å². The van der Waals surface area contributed by atoms with Crippen LogP contribution in [0.5, 0.6) is 0 Å².